The van der Waals surface area contributed by atoms with Gasteiger partial charge in [0.2, 0.25) is 6.79 Å². The Bertz CT molecular complexity index is 684. The first-order chi connectivity index (χ1) is 9.65. The number of nitrogens with two attached hydrogens (primary N) is 1. The fraction of sp³-hybridized carbons (Fsp3) is 0.182. The molecule has 9 heteroatoms. The Morgan fingerprint density at radius 2 is 2.15 bits per heavy atom. The molecule has 2 heterocycles. The summed E-state index contributed by atoms with van der Waals surface area (Å²) in [5, 5.41) is 11.7. The molecule has 3 N–H and O–H groups in total. The number of nitrogen functional groups attached to an aromatic ring is 1. The largest absolute Gasteiger partial charge is 0.454 e. The van der Waals surface area contributed by atoms with Crippen LogP contribution in [0.1, 0.15) is 11.4 Å². The van der Waals surface area contributed by atoms with Crippen LogP contribution < -0.4 is 20.7 Å². The van der Waals surface area contributed by atoms with Crippen LogP contribution in [0.2, 0.25) is 0 Å². The maximum absolute atomic E-state index is 5.70. The molecule has 1 aliphatic rings. The van der Waals surface area contributed by atoms with Crippen molar-refractivity contribution < 1.29 is 9.47 Å². The van der Waals surface area contributed by atoms with Crippen LogP contribution in [0.3, 0.4) is 0 Å². The number of hydrogen-bond donors (Lipinski definition) is 2. The van der Waals surface area contributed by atoms with Gasteiger partial charge in [-0.3, -0.25) is 0 Å². The second kappa shape index (κ2) is 5.00. The lowest BCUT2D eigenvalue weighted by molar-refractivity contribution is 0.174. The summed E-state index contributed by atoms with van der Waals surface area (Å²) in [6.45, 7) is 1.98. The third-order valence-electron chi connectivity index (χ3n) is 2.73. The van der Waals surface area contributed by atoms with E-state index >= 15 is 0 Å². The van der Waals surface area contributed by atoms with E-state index in [1.807, 2.05) is 12.1 Å². The molecule has 0 radical (unpaired) electrons. The Kier molecular flexibility index (Phi) is 3.18. The monoisotopic (exact) mass is 338 g/mol. The molecule has 0 bridgehead atoms. The molecule has 0 saturated heterocycles. The number of aryl methyl sites for hydroxylation is 1. The van der Waals surface area contributed by atoms with E-state index in [1.165, 1.54) is 4.68 Å². The molecular weight excluding hydrogens is 328 g/mol. The Morgan fingerprint density at radius 1 is 1.40 bits per heavy atom. The number of ether oxygens (including phenoxy) is 2. The van der Waals surface area contributed by atoms with Gasteiger partial charge in [0.05, 0.1) is 6.21 Å². The van der Waals surface area contributed by atoms with Gasteiger partial charge in [-0.2, -0.15) is 5.10 Å². The fourth-order valence-electron chi connectivity index (χ4n) is 1.64. The normalized spacial score (nSPS) is 13.1. The minimum atomic E-state index is 0.232. The van der Waals surface area contributed by atoms with Crippen molar-refractivity contribution in [3.8, 4) is 11.5 Å². The van der Waals surface area contributed by atoms with Crippen molar-refractivity contribution in [3.63, 3.8) is 0 Å². The highest BCUT2D eigenvalue weighted by Crippen LogP contribution is 2.36. The highest BCUT2D eigenvalue weighted by Gasteiger charge is 2.15. The summed E-state index contributed by atoms with van der Waals surface area (Å²) in [4.78, 5) is 0. The van der Waals surface area contributed by atoms with Gasteiger partial charge in [-0.15, -0.1) is 10.2 Å². The maximum Gasteiger partial charge on any atom is 0.263 e. The zero-order valence-corrected chi connectivity index (χ0v) is 12.1. The molecular formula is C11H11BrN6O2. The molecule has 104 valence electrons. The number of halogens is 1. The third kappa shape index (κ3) is 2.27. The summed E-state index contributed by atoms with van der Waals surface area (Å²) in [6, 6.07) is 3.66. The summed E-state index contributed by atoms with van der Waals surface area (Å²) >= 11 is 3.44. The molecule has 0 unspecified atom stereocenters. The number of hydrogen-bond acceptors (Lipinski definition) is 7. The Hall–Kier alpha value is -2.29. The van der Waals surface area contributed by atoms with Crippen molar-refractivity contribution in [2.24, 2.45) is 5.10 Å². The fourth-order valence-corrected chi connectivity index (χ4v) is 2.06. The summed E-state index contributed by atoms with van der Waals surface area (Å²) < 4.78 is 12.7. The van der Waals surface area contributed by atoms with Gasteiger partial charge in [-0.1, -0.05) is 0 Å². The van der Waals surface area contributed by atoms with Crippen molar-refractivity contribution in [2.45, 2.75) is 6.92 Å². The molecule has 3 rings (SSSR count). The molecule has 8 nitrogen and oxygen atoms in total. The zero-order valence-electron chi connectivity index (χ0n) is 10.5. The van der Waals surface area contributed by atoms with Gasteiger partial charge in [-0.25, -0.2) is 10.1 Å². The number of anilines is 1. The van der Waals surface area contributed by atoms with Crippen molar-refractivity contribution in [1.82, 2.24) is 14.9 Å². The van der Waals surface area contributed by atoms with E-state index in [1.54, 1.807) is 13.1 Å². The molecule has 0 atom stereocenters. The van der Waals surface area contributed by atoms with E-state index in [0.717, 1.165) is 10.0 Å². The van der Waals surface area contributed by atoms with E-state index < -0.39 is 0 Å². The predicted octanol–water partition coefficient (Wildman–Crippen LogP) is 1.24. The van der Waals surface area contributed by atoms with Gasteiger partial charge in [0.15, 0.2) is 17.3 Å². The Balaban J connectivity index is 1.78. The van der Waals surface area contributed by atoms with Gasteiger partial charge in [0.25, 0.3) is 5.95 Å². The molecule has 1 aliphatic heterocycles. The quantitative estimate of drug-likeness (QED) is 0.496. The SMILES string of the molecule is Cc1nnc(N/N=C\c2cc3c(cc2Br)OCO3)n1N. The number of rotatable bonds is 3. The zero-order chi connectivity index (χ0) is 14.1. The summed E-state index contributed by atoms with van der Waals surface area (Å²) in [7, 11) is 0. The first kappa shape index (κ1) is 12.7. The molecule has 1 aromatic carbocycles. The summed E-state index contributed by atoms with van der Waals surface area (Å²) in [6.07, 6.45) is 1.62. The minimum Gasteiger partial charge on any atom is -0.454 e. The van der Waals surface area contributed by atoms with Crippen molar-refractivity contribution in [2.75, 3.05) is 18.1 Å². The lowest BCUT2D eigenvalue weighted by Gasteiger charge is -2.02. The molecule has 0 spiro atoms. The minimum absolute atomic E-state index is 0.232. The number of aromatic nitrogens is 3. The standard InChI is InChI=1S/C11H11BrN6O2/c1-6-15-17-11(18(6)13)16-14-4-7-2-9-10(3-8(7)12)20-5-19-9/h2-4H,5,13H2,1H3,(H,16,17)/b14-4-. The van der Waals surface area contributed by atoms with Gasteiger partial charge in [0.1, 0.15) is 0 Å². The lowest BCUT2D eigenvalue weighted by atomic mass is 10.2. The Morgan fingerprint density at radius 3 is 2.85 bits per heavy atom. The van der Waals surface area contributed by atoms with E-state index in [-0.39, 0.29) is 6.79 Å². The van der Waals surface area contributed by atoms with Crippen molar-refractivity contribution in [3.05, 3.63) is 28.0 Å². The number of nitrogens with zero attached hydrogens (tertiary/aromatic N) is 4. The molecule has 0 aliphatic carbocycles. The van der Waals surface area contributed by atoms with E-state index in [2.05, 4.69) is 36.7 Å². The van der Waals surface area contributed by atoms with E-state index in [4.69, 9.17) is 15.3 Å². The Labute approximate surface area is 122 Å². The highest BCUT2D eigenvalue weighted by atomic mass is 79.9. The number of benzene rings is 1. The average Bonchev–Trinajstić information content (AvgIpc) is 2.99. The number of fused-ring (bicyclic) bond motifs is 1. The van der Waals surface area contributed by atoms with Crippen molar-refractivity contribution >= 4 is 28.1 Å². The molecule has 0 fully saturated rings. The van der Waals surface area contributed by atoms with Crippen LogP contribution in [-0.4, -0.2) is 27.9 Å². The third-order valence-corrected chi connectivity index (χ3v) is 3.41. The smallest absolute Gasteiger partial charge is 0.263 e. The van der Waals surface area contributed by atoms with Crippen LogP contribution in [-0.2, 0) is 0 Å². The second-order valence-corrected chi connectivity index (χ2v) is 4.89. The van der Waals surface area contributed by atoms with Crippen LogP contribution in [0.4, 0.5) is 5.95 Å². The van der Waals surface area contributed by atoms with Gasteiger partial charge in [0, 0.05) is 10.0 Å². The molecule has 1 aromatic heterocycles. The van der Waals surface area contributed by atoms with Crippen LogP contribution in [0, 0.1) is 6.92 Å². The first-order valence-corrected chi connectivity index (χ1v) is 6.50. The van der Waals surface area contributed by atoms with Crippen molar-refractivity contribution in [1.29, 1.82) is 0 Å². The van der Waals surface area contributed by atoms with Crippen LogP contribution in [0.5, 0.6) is 11.5 Å². The summed E-state index contributed by atoms with van der Waals surface area (Å²) in [5.74, 6) is 8.04. The first-order valence-electron chi connectivity index (χ1n) is 5.70. The maximum atomic E-state index is 5.70. The molecule has 2 aromatic rings. The van der Waals surface area contributed by atoms with Gasteiger partial charge < -0.3 is 15.3 Å². The van der Waals surface area contributed by atoms with Crippen LogP contribution in [0.15, 0.2) is 21.7 Å². The van der Waals surface area contributed by atoms with Crippen LogP contribution in [0.25, 0.3) is 0 Å². The topological polar surface area (TPSA) is 99.6 Å². The predicted molar refractivity (Wildman–Crippen MR) is 76.4 cm³/mol. The molecule has 0 amide bonds. The second-order valence-electron chi connectivity index (χ2n) is 4.04. The molecule has 0 saturated carbocycles. The van der Waals surface area contributed by atoms with Gasteiger partial charge in [-0.05, 0) is 35.0 Å². The lowest BCUT2D eigenvalue weighted by Crippen LogP contribution is -2.13. The van der Waals surface area contributed by atoms with E-state index in [0.29, 0.717) is 23.3 Å². The van der Waals surface area contributed by atoms with E-state index in [9.17, 15) is 0 Å². The highest BCUT2D eigenvalue weighted by molar-refractivity contribution is 9.10. The average molecular weight is 339 g/mol. The van der Waals surface area contributed by atoms with Crippen LogP contribution >= 0.6 is 15.9 Å². The number of nitrogens with one attached hydrogen (secondary N) is 1. The van der Waals surface area contributed by atoms with Gasteiger partial charge >= 0.3 is 0 Å². The number of hydrazone groups is 1. The summed E-state index contributed by atoms with van der Waals surface area (Å²) in [5.41, 5.74) is 3.55. The molecule has 20 heavy (non-hydrogen) atoms.